The maximum absolute atomic E-state index is 13.3. The lowest BCUT2D eigenvalue weighted by atomic mass is 10.2. The summed E-state index contributed by atoms with van der Waals surface area (Å²) in [7, 11) is 0. The van der Waals surface area contributed by atoms with Crippen LogP contribution in [0, 0.1) is 5.82 Å². The molecule has 0 fully saturated rings. The topological polar surface area (TPSA) is 76.7 Å². The monoisotopic (exact) mass is 420 g/mol. The van der Waals surface area contributed by atoms with E-state index in [1.165, 1.54) is 12.1 Å². The third kappa shape index (κ3) is 8.23. The molecule has 0 unspecified atom stereocenters. The number of para-hydroxylation sites is 1. The van der Waals surface area contributed by atoms with Crippen LogP contribution in [0.25, 0.3) is 0 Å². The summed E-state index contributed by atoms with van der Waals surface area (Å²) >= 11 is 5.58. The largest absolute Gasteiger partial charge is 0.492 e. The zero-order valence-corrected chi connectivity index (χ0v) is 16.5. The summed E-state index contributed by atoms with van der Waals surface area (Å²) in [5, 5.41) is 5.28. The van der Waals surface area contributed by atoms with Gasteiger partial charge in [-0.2, -0.15) is 0 Å². The molecule has 2 aromatic carbocycles. The summed E-state index contributed by atoms with van der Waals surface area (Å²) in [6.45, 7) is 4.33. The second-order valence-electron chi connectivity index (χ2n) is 5.99. The number of hydrogen-bond donors (Lipinski definition) is 2. The van der Waals surface area contributed by atoms with Gasteiger partial charge < -0.3 is 20.1 Å². The molecule has 0 aliphatic carbocycles. The molecule has 0 atom stereocenters. The lowest BCUT2D eigenvalue weighted by Gasteiger charge is -2.10. The molecular formula is C21H22ClFN2O4. The molecule has 0 aromatic heterocycles. The molecule has 6 nitrogen and oxygen atoms in total. The molecule has 0 bridgehead atoms. The molecule has 0 saturated heterocycles. The Morgan fingerprint density at radius 3 is 2.48 bits per heavy atom. The Labute approximate surface area is 173 Å². The van der Waals surface area contributed by atoms with E-state index < -0.39 is 11.7 Å². The fourth-order valence-electron chi connectivity index (χ4n) is 2.21. The van der Waals surface area contributed by atoms with Gasteiger partial charge in [0.25, 0.3) is 5.91 Å². The van der Waals surface area contributed by atoms with Crippen molar-refractivity contribution in [3.8, 4) is 11.5 Å². The van der Waals surface area contributed by atoms with Gasteiger partial charge in [0.2, 0.25) is 5.91 Å². The van der Waals surface area contributed by atoms with Gasteiger partial charge in [0.05, 0.1) is 11.6 Å². The Hall–Kier alpha value is -3.06. The van der Waals surface area contributed by atoms with Crippen molar-refractivity contribution < 1.29 is 23.5 Å². The average molecular weight is 421 g/mol. The highest BCUT2D eigenvalue weighted by Gasteiger charge is 2.09. The summed E-state index contributed by atoms with van der Waals surface area (Å²) in [6.07, 6.45) is 0.284. The van der Waals surface area contributed by atoms with Gasteiger partial charge in [-0.05, 0) is 30.7 Å². The quantitative estimate of drug-likeness (QED) is 0.432. The highest BCUT2D eigenvalue weighted by molar-refractivity contribution is 6.30. The minimum absolute atomic E-state index is 0.0229. The number of ether oxygens (including phenoxy) is 2. The van der Waals surface area contributed by atoms with Gasteiger partial charge in [-0.3, -0.25) is 9.59 Å². The van der Waals surface area contributed by atoms with Gasteiger partial charge in [0, 0.05) is 18.2 Å². The number of hydrogen-bond acceptors (Lipinski definition) is 4. The molecule has 2 N–H and O–H groups in total. The van der Waals surface area contributed by atoms with Crippen LogP contribution in [-0.2, 0) is 9.59 Å². The van der Waals surface area contributed by atoms with Crippen LogP contribution in [-0.4, -0.2) is 38.1 Å². The zero-order valence-electron chi connectivity index (χ0n) is 15.8. The van der Waals surface area contributed by atoms with Crippen molar-refractivity contribution in [3.63, 3.8) is 0 Å². The van der Waals surface area contributed by atoms with Gasteiger partial charge in [-0.25, -0.2) is 4.39 Å². The Kier molecular flexibility index (Phi) is 8.98. The minimum Gasteiger partial charge on any atom is -0.492 e. The smallest absolute Gasteiger partial charge is 0.257 e. The molecule has 2 amide bonds. The average Bonchev–Trinajstić information content (AvgIpc) is 2.72. The predicted molar refractivity (Wildman–Crippen MR) is 109 cm³/mol. The lowest BCUT2D eigenvalue weighted by molar-refractivity contribution is -0.123. The highest BCUT2D eigenvalue weighted by Crippen LogP contribution is 2.20. The first-order valence-corrected chi connectivity index (χ1v) is 9.32. The Morgan fingerprint density at radius 2 is 1.76 bits per heavy atom. The maximum Gasteiger partial charge on any atom is 0.257 e. The summed E-state index contributed by atoms with van der Waals surface area (Å²) < 4.78 is 24.0. The molecule has 0 aliphatic heterocycles. The first kappa shape index (κ1) is 22.2. The number of benzene rings is 2. The molecule has 0 aliphatic rings. The van der Waals surface area contributed by atoms with E-state index in [2.05, 4.69) is 17.2 Å². The Balaban J connectivity index is 1.57. The molecule has 2 aromatic rings. The number of halogens is 2. The van der Waals surface area contributed by atoms with Crippen LogP contribution in [0.3, 0.4) is 0 Å². The van der Waals surface area contributed by atoms with E-state index in [1.807, 2.05) is 30.3 Å². The van der Waals surface area contributed by atoms with Crippen LogP contribution in [0.15, 0.2) is 60.7 Å². The van der Waals surface area contributed by atoms with Gasteiger partial charge in [0.1, 0.15) is 23.9 Å². The normalized spacial score (nSPS) is 10.1. The van der Waals surface area contributed by atoms with Crippen LogP contribution < -0.4 is 20.1 Å². The number of carbonyl (C=O) groups excluding carboxylic acids is 2. The second kappa shape index (κ2) is 11.7. The van der Waals surface area contributed by atoms with E-state index in [-0.39, 0.29) is 36.3 Å². The fourth-order valence-corrected chi connectivity index (χ4v) is 2.33. The minimum atomic E-state index is -0.624. The van der Waals surface area contributed by atoms with Crippen LogP contribution in [0.2, 0.25) is 5.02 Å². The van der Waals surface area contributed by atoms with E-state index in [4.69, 9.17) is 21.1 Å². The fraction of sp³-hybridized carbons (Fsp3) is 0.238. The number of nitrogens with one attached hydrogen (secondary N) is 2. The molecule has 154 valence electrons. The van der Waals surface area contributed by atoms with Crippen molar-refractivity contribution in [2.75, 3.05) is 26.3 Å². The van der Waals surface area contributed by atoms with Gasteiger partial charge in [-0.15, -0.1) is 0 Å². The SMILES string of the molecule is C=C(CCNC(=O)COc1ccc(Cl)c(F)c1)C(=O)NCCOc1ccccc1. The molecule has 8 heteroatoms. The van der Waals surface area contributed by atoms with Gasteiger partial charge in [0.15, 0.2) is 6.61 Å². The summed E-state index contributed by atoms with van der Waals surface area (Å²) in [4.78, 5) is 23.7. The third-order valence-electron chi connectivity index (χ3n) is 3.73. The van der Waals surface area contributed by atoms with E-state index in [9.17, 15) is 14.0 Å². The summed E-state index contributed by atoms with van der Waals surface area (Å²) in [5.74, 6) is -0.398. The van der Waals surface area contributed by atoms with Gasteiger partial charge in [-0.1, -0.05) is 36.4 Å². The van der Waals surface area contributed by atoms with E-state index in [0.29, 0.717) is 18.7 Å². The molecule has 0 spiro atoms. The number of rotatable bonds is 11. The van der Waals surface area contributed by atoms with Crippen molar-refractivity contribution in [3.05, 3.63) is 71.5 Å². The maximum atomic E-state index is 13.3. The van der Waals surface area contributed by atoms with E-state index in [1.54, 1.807) is 0 Å². The van der Waals surface area contributed by atoms with Crippen LogP contribution in [0.5, 0.6) is 11.5 Å². The van der Waals surface area contributed by atoms with Crippen molar-refractivity contribution in [1.29, 1.82) is 0 Å². The molecule has 0 saturated carbocycles. The molecule has 2 rings (SSSR count). The highest BCUT2D eigenvalue weighted by atomic mass is 35.5. The summed E-state index contributed by atoms with van der Waals surface area (Å²) in [6, 6.07) is 13.2. The molecular weight excluding hydrogens is 399 g/mol. The first-order chi connectivity index (χ1) is 14.0. The molecule has 0 heterocycles. The van der Waals surface area contributed by atoms with Crippen LogP contribution >= 0.6 is 11.6 Å². The Bertz CT molecular complexity index is 846. The standard InChI is InChI=1S/C21H22ClFN2O4/c1-15(21(27)25-11-12-28-16-5-3-2-4-6-16)9-10-24-20(26)14-29-17-7-8-18(22)19(23)13-17/h2-8,13H,1,9-12,14H2,(H,24,26)(H,25,27). The van der Waals surface area contributed by atoms with Crippen molar-refractivity contribution in [1.82, 2.24) is 10.6 Å². The van der Waals surface area contributed by atoms with Crippen molar-refractivity contribution in [2.24, 2.45) is 0 Å². The third-order valence-corrected chi connectivity index (χ3v) is 4.04. The van der Waals surface area contributed by atoms with Gasteiger partial charge >= 0.3 is 0 Å². The second-order valence-corrected chi connectivity index (χ2v) is 6.39. The lowest BCUT2D eigenvalue weighted by Crippen LogP contribution is -2.32. The van der Waals surface area contributed by atoms with E-state index in [0.717, 1.165) is 11.8 Å². The Morgan fingerprint density at radius 1 is 1.00 bits per heavy atom. The molecule has 0 radical (unpaired) electrons. The first-order valence-electron chi connectivity index (χ1n) is 8.94. The van der Waals surface area contributed by atoms with Crippen LogP contribution in [0.1, 0.15) is 6.42 Å². The predicted octanol–water partition coefficient (Wildman–Crippen LogP) is 3.12. The zero-order chi connectivity index (χ0) is 21.1. The van der Waals surface area contributed by atoms with Crippen molar-refractivity contribution in [2.45, 2.75) is 6.42 Å². The molecule has 29 heavy (non-hydrogen) atoms. The van der Waals surface area contributed by atoms with E-state index >= 15 is 0 Å². The number of amides is 2. The van der Waals surface area contributed by atoms with Crippen molar-refractivity contribution >= 4 is 23.4 Å². The van der Waals surface area contributed by atoms with Crippen LogP contribution in [0.4, 0.5) is 4.39 Å². The number of carbonyl (C=O) groups is 2. The summed E-state index contributed by atoms with van der Waals surface area (Å²) in [5.41, 5.74) is 0.339.